The number of hydrogen-bond donors (Lipinski definition) is 1. The smallest absolute Gasteiger partial charge is 0.294 e. The van der Waals surface area contributed by atoms with Crippen LogP contribution in [0.15, 0.2) is 57.7 Å². The van der Waals surface area contributed by atoms with Crippen LogP contribution in [0.2, 0.25) is 5.02 Å². The highest BCUT2D eigenvalue weighted by atomic mass is 35.5. The molecule has 0 spiro atoms. The van der Waals surface area contributed by atoms with Gasteiger partial charge in [-0.05, 0) is 49.3 Å². The number of fused-ring (bicyclic) bond motifs is 3. The van der Waals surface area contributed by atoms with E-state index in [-0.39, 0.29) is 5.56 Å². The van der Waals surface area contributed by atoms with E-state index in [0.717, 1.165) is 49.6 Å². The van der Waals surface area contributed by atoms with Crippen LogP contribution in [0.25, 0.3) is 22.1 Å². The van der Waals surface area contributed by atoms with Gasteiger partial charge in [0, 0.05) is 30.0 Å². The Morgan fingerprint density at radius 3 is 2.50 bits per heavy atom. The largest absolute Gasteiger partial charge is 0.449 e. The van der Waals surface area contributed by atoms with E-state index in [2.05, 4.69) is 26.9 Å². The quantitative estimate of drug-likeness (QED) is 0.538. The van der Waals surface area contributed by atoms with Crippen LogP contribution < -0.4 is 5.56 Å². The number of aromatic nitrogens is 2. The lowest BCUT2D eigenvalue weighted by Gasteiger charge is -2.21. The van der Waals surface area contributed by atoms with Crippen LogP contribution in [0.4, 0.5) is 0 Å². The number of benzene rings is 2. The molecule has 7 heteroatoms. The second-order valence-electron chi connectivity index (χ2n) is 7.82. The lowest BCUT2D eigenvalue weighted by Crippen LogP contribution is -2.31. The zero-order valence-corrected chi connectivity index (χ0v) is 17.4. The number of furan rings is 1. The van der Waals surface area contributed by atoms with Gasteiger partial charge >= 0.3 is 0 Å². The summed E-state index contributed by atoms with van der Waals surface area (Å²) in [5.74, 6) is 0.685. The molecule has 1 saturated heterocycles. The molecule has 1 N–H and O–H groups in total. The molecule has 1 aliphatic heterocycles. The van der Waals surface area contributed by atoms with Crippen molar-refractivity contribution in [1.82, 2.24) is 19.8 Å². The molecule has 0 saturated carbocycles. The molecule has 0 atom stereocenters. The monoisotopic (exact) mass is 422 g/mol. The standard InChI is InChI=1S/C23H23ClN4O2/c24-17-8-6-16(7-9-17)14-27-10-3-11-28(13-12-27)15-20-25-21-18-4-1-2-5-19(18)30-22(21)23(29)26-20/h1-2,4-9H,3,10-15H2,(H,25,26,29). The van der Waals surface area contributed by atoms with E-state index in [9.17, 15) is 4.79 Å². The Balaban J connectivity index is 1.30. The highest BCUT2D eigenvalue weighted by Gasteiger charge is 2.18. The summed E-state index contributed by atoms with van der Waals surface area (Å²) in [4.78, 5) is 25.0. The average molecular weight is 423 g/mol. The summed E-state index contributed by atoms with van der Waals surface area (Å²) in [5.41, 5.74) is 2.69. The molecule has 0 radical (unpaired) electrons. The number of aromatic amines is 1. The molecule has 6 nitrogen and oxygen atoms in total. The zero-order chi connectivity index (χ0) is 20.5. The van der Waals surface area contributed by atoms with Gasteiger partial charge in [-0.2, -0.15) is 0 Å². The number of para-hydroxylation sites is 1. The van der Waals surface area contributed by atoms with Gasteiger partial charge in [0.15, 0.2) is 0 Å². The second kappa shape index (κ2) is 8.22. The maximum Gasteiger partial charge on any atom is 0.294 e. The normalized spacial score (nSPS) is 16.3. The van der Waals surface area contributed by atoms with Crippen LogP contribution in [0, 0.1) is 0 Å². The number of H-pyrrole nitrogens is 1. The van der Waals surface area contributed by atoms with Gasteiger partial charge in [-0.15, -0.1) is 0 Å². The molecule has 0 amide bonds. The average Bonchev–Trinajstić information content (AvgIpc) is 2.98. The van der Waals surface area contributed by atoms with Gasteiger partial charge in [-0.25, -0.2) is 4.98 Å². The maximum atomic E-state index is 12.5. The summed E-state index contributed by atoms with van der Waals surface area (Å²) in [7, 11) is 0. The van der Waals surface area contributed by atoms with Gasteiger partial charge < -0.3 is 9.40 Å². The van der Waals surface area contributed by atoms with Crippen molar-refractivity contribution >= 4 is 33.7 Å². The van der Waals surface area contributed by atoms with Crippen LogP contribution >= 0.6 is 11.6 Å². The van der Waals surface area contributed by atoms with Gasteiger partial charge in [-0.3, -0.25) is 14.6 Å². The van der Waals surface area contributed by atoms with Gasteiger partial charge in [0.2, 0.25) is 5.58 Å². The summed E-state index contributed by atoms with van der Waals surface area (Å²) in [6.45, 7) is 5.48. The molecular weight excluding hydrogens is 400 g/mol. The first kappa shape index (κ1) is 19.3. The van der Waals surface area contributed by atoms with Crippen molar-refractivity contribution in [2.24, 2.45) is 0 Å². The first-order valence-electron chi connectivity index (χ1n) is 10.3. The second-order valence-corrected chi connectivity index (χ2v) is 8.26. The summed E-state index contributed by atoms with van der Waals surface area (Å²) < 4.78 is 5.69. The predicted octanol–water partition coefficient (Wildman–Crippen LogP) is 4.03. The van der Waals surface area contributed by atoms with Crippen LogP contribution in [0.3, 0.4) is 0 Å². The third-order valence-electron chi connectivity index (χ3n) is 5.65. The number of rotatable bonds is 4. The molecule has 0 aliphatic carbocycles. The fraction of sp³-hybridized carbons (Fsp3) is 0.304. The van der Waals surface area contributed by atoms with Gasteiger partial charge in [0.05, 0.1) is 6.54 Å². The minimum Gasteiger partial charge on any atom is -0.449 e. The molecule has 0 bridgehead atoms. The fourth-order valence-corrected chi connectivity index (χ4v) is 4.25. The van der Waals surface area contributed by atoms with E-state index in [1.54, 1.807) is 0 Å². The molecule has 30 heavy (non-hydrogen) atoms. The SMILES string of the molecule is O=c1[nH]c(CN2CCCN(Cc3ccc(Cl)cc3)CC2)nc2c1oc1ccccc12. The fourth-order valence-electron chi connectivity index (χ4n) is 4.12. The Hall–Kier alpha value is -2.67. The summed E-state index contributed by atoms with van der Waals surface area (Å²) >= 11 is 5.99. The minimum atomic E-state index is -0.217. The molecule has 2 aromatic heterocycles. The molecule has 2 aromatic carbocycles. The van der Waals surface area contributed by atoms with E-state index in [1.165, 1.54) is 5.56 Å². The van der Waals surface area contributed by atoms with Crippen molar-refractivity contribution in [3.05, 3.63) is 75.3 Å². The summed E-state index contributed by atoms with van der Waals surface area (Å²) in [5, 5.41) is 1.65. The van der Waals surface area contributed by atoms with Gasteiger partial charge in [0.25, 0.3) is 5.56 Å². The topological polar surface area (TPSA) is 65.4 Å². The van der Waals surface area contributed by atoms with Crippen LogP contribution in [0.1, 0.15) is 17.8 Å². The summed E-state index contributed by atoms with van der Waals surface area (Å²) in [6.07, 6.45) is 1.08. The van der Waals surface area contributed by atoms with Crippen LogP contribution in [0.5, 0.6) is 0 Å². The Morgan fingerprint density at radius 1 is 0.967 bits per heavy atom. The highest BCUT2D eigenvalue weighted by molar-refractivity contribution is 6.30. The van der Waals surface area contributed by atoms with E-state index in [1.807, 2.05) is 36.4 Å². The zero-order valence-electron chi connectivity index (χ0n) is 16.6. The third kappa shape index (κ3) is 3.99. The summed E-state index contributed by atoms with van der Waals surface area (Å²) in [6, 6.07) is 15.7. The molecule has 4 aromatic rings. The number of hydrogen-bond acceptors (Lipinski definition) is 5. The van der Waals surface area contributed by atoms with Crippen molar-refractivity contribution in [3.63, 3.8) is 0 Å². The molecule has 1 aliphatic rings. The molecule has 154 valence electrons. The van der Waals surface area contributed by atoms with E-state index in [0.29, 0.717) is 29.1 Å². The lowest BCUT2D eigenvalue weighted by atomic mass is 10.2. The van der Waals surface area contributed by atoms with Crippen LogP contribution in [-0.4, -0.2) is 45.9 Å². The number of halogens is 1. The van der Waals surface area contributed by atoms with Crippen molar-refractivity contribution in [2.45, 2.75) is 19.5 Å². The molecule has 0 unspecified atom stereocenters. The van der Waals surface area contributed by atoms with E-state index < -0.39 is 0 Å². The highest BCUT2D eigenvalue weighted by Crippen LogP contribution is 2.24. The van der Waals surface area contributed by atoms with Crippen molar-refractivity contribution in [3.8, 4) is 0 Å². The van der Waals surface area contributed by atoms with Crippen molar-refractivity contribution in [1.29, 1.82) is 0 Å². The first-order chi connectivity index (χ1) is 14.7. The Bertz CT molecular complexity index is 1230. The molecular formula is C23H23ClN4O2. The molecule has 5 rings (SSSR count). The molecule has 1 fully saturated rings. The van der Waals surface area contributed by atoms with E-state index in [4.69, 9.17) is 21.0 Å². The van der Waals surface area contributed by atoms with E-state index >= 15 is 0 Å². The van der Waals surface area contributed by atoms with Gasteiger partial charge in [-0.1, -0.05) is 35.9 Å². The Kier molecular flexibility index (Phi) is 5.29. The predicted molar refractivity (Wildman–Crippen MR) is 119 cm³/mol. The number of nitrogens with zero attached hydrogens (tertiary/aromatic N) is 3. The number of nitrogens with one attached hydrogen (secondary N) is 1. The lowest BCUT2D eigenvalue weighted by molar-refractivity contribution is 0.244. The maximum absolute atomic E-state index is 12.5. The van der Waals surface area contributed by atoms with Crippen molar-refractivity contribution in [2.75, 3.05) is 26.2 Å². The van der Waals surface area contributed by atoms with Crippen LogP contribution in [-0.2, 0) is 13.1 Å². The Labute approximate surface area is 179 Å². The van der Waals surface area contributed by atoms with Crippen molar-refractivity contribution < 1.29 is 4.42 Å². The molecule has 3 heterocycles. The first-order valence-corrected chi connectivity index (χ1v) is 10.6. The Morgan fingerprint density at radius 2 is 1.70 bits per heavy atom. The van der Waals surface area contributed by atoms with Gasteiger partial charge in [0.1, 0.15) is 16.9 Å². The minimum absolute atomic E-state index is 0.217. The third-order valence-corrected chi connectivity index (χ3v) is 5.91.